The van der Waals surface area contributed by atoms with E-state index in [-0.39, 0.29) is 0 Å². The fraction of sp³-hybridized carbons (Fsp3) is 0.190. The van der Waals surface area contributed by atoms with E-state index < -0.39 is 0 Å². The second-order valence-electron chi connectivity index (χ2n) is 6.12. The number of furan rings is 1. The van der Waals surface area contributed by atoms with Crippen LogP contribution in [0.25, 0.3) is 11.0 Å². The molecule has 25 heavy (non-hydrogen) atoms. The lowest BCUT2D eigenvalue weighted by atomic mass is 10.1. The maximum Gasteiger partial charge on any atom is 0.204 e. The number of hydrogen-bond donors (Lipinski definition) is 1. The van der Waals surface area contributed by atoms with Crippen LogP contribution < -0.4 is 5.32 Å². The molecule has 0 saturated carbocycles. The Morgan fingerprint density at radius 3 is 2.64 bits per heavy atom. The van der Waals surface area contributed by atoms with Crippen LogP contribution in [-0.4, -0.2) is 9.55 Å². The molecule has 0 saturated heterocycles. The maximum atomic E-state index is 5.42. The van der Waals surface area contributed by atoms with Crippen molar-refractivity contribution in [3.63, 3.8) is 0 Å². The molecule has 2 aromatic carbocycles. The number of rotatable bonds is 6. The van der Waals surface area contributed by atoms with Crippen molar-refractivity contribution >= 4 is 17.0 Å². The number of anilines is 1. The number of hydrogen-bond acceptors (Lipinski definition) is 3. The molecule has 0 bridgehead atoms. The van der Waals surface area contributed by atoms with Gasteiger partial charge < -0.3 is 14.3 Å². The van der Waals surface area contributed by atoms with Gasteiger partial charge in [-0.1, -0.05) is 43.3 Å². The molecule has 0 radical (unpaired) electrons. The van der Waals surface area contributed by atoms with Gasteiger partial charge in [0.25, 0.3) is 0 Å². The van der Waals surface area contributed by atoms with Crippen molar-refractivity contribution < 1.29 is 4.42 Å². The standard InChI is InChI=1S/C21H21N3O/c1-2-16-10-11-20-19(13-16)23-21(22-14-18-9-6-12-25-18)24(20)15-17-7-4-3-5-8-17/h3-13H,2,14-15H2,1H3,(H,22,23). The summed E-state index contributed by atoms with van der Waals surface area (Å²) in [7, 11) is 0. The van der Waals surface area contributed by atoms with Crippen molar-refractivity contribution in [1.82, 2.24) is 9.55 Å². The van der Waals surface area contributed by atoms with Crippen molar-refractivity contribution in [2.75, 3.05) is 5.32 Å². The first-order valence-corrected chi connectivity index (χ1v) is 8.63. The van der Waals surface area contributed by atoms with E-state index in [0.717, 1.165) is 35.7 Å². The minimum atomic E-state index is 0.617. The van der Waals surface area contributed by atoms with Gasteiger partial charge in [0.05, 0.1) is 30.4 Å². The van der Waals surface area contributed by atoms with Crippen LogP contribution in [0.4, 0.5) is 5.95 Å². The molecule has 4 aromatic rings. The van der Waals surface area contributed by atoms with Crippen LogP contribution in [-0.2, 0) is 19.5 Å². The molecule has 0 atom stereocenters. The van der Waals surface area contributed by atoms with Gasteiger partial charge in [-0.25, -0.2) is 4.98 Å². The third-order valence-electron chi connectivity index (χ3n) is 4.41. The number of imidazole rings is 1. The lowest BCUT2D eigenvalue weighted by Gasteiger charge is -2.10. The monoisotopic (exact) mass is 331 g/mol. The zero-order valence-electron chi connectivity index (χ0n) is 14.3. The Hall–Kier alpha value is -3.01. The fourth-order valence-electron chi connectivity index (χ4n) is 3.04. The Labute approximate surface area is 147 Å². The highest BCUT2D eigenvalue weighted by Crippen LogP contribution is 2.23. The Bertz CT molecular complexity index is 956. The quantitative estimate of drug-likeness (QED) is 0.549. The highest BCUT2D eigenvalue weighted by molar-refractivity contribution is 5.79. The van der Waals surface area contributed by atoms with Gasteiger partial charge in [0, 0.05) is 0 Å². The van der Waals surface area contributed by atoms with E-state index in [1.54, 1.807) is 6.26 Å². The van der Waals surface area contributed by atoms with Crippen LogP contribution in [0.2, 0.25) is 0 Å². The second-order valence-corrected chi connectivity index (χ2v) is 6.12. The van der Waals surface area contributed by atoms with E-state index in [1.807, 2.05) is 18.2 Å². The summed E-state index contributed by atoms with van der Waals surface area (Å²) in [6, 6.07) is 20.9. The number of benzene rings is 2. The summed E-state index contributed by atoms with van der Waals surface area (Å²) >= 11 is 0. The predicted molar refractivity (Wildman–Crippen MR) is 101 cm³/mol. The van der Waals surface area contributed by atoms with Gasteiger partial charge in [-0.05, 0) is 41.8 Å². The molecule has 0 fully saturated rings. The summed E-state index contributed by atoms with van der Waals surface area (Å²) in [4.78, 5) is 4.83. The highest BCUT2D eigenvalue weighted by Gasteiger charge is 2.12. The summed E-state index contributed by atoms with van der Waals surface area (Å²) in [5, 5.41) is 3.42. The first kappa shape index (κ1) is 15.5. The molecule has 1 N–H and O–H groups in total. The van der Waals surface area contributed by atoms with E-state index in [2.05, 4.69) is 59.3 Å². The number of nitrogens with one attached hydrogen (secondary N) is 1. The summed E-state index contributed by atoms with van der Waals surface area (Å²) < 4.78 is 7.65. The van der Waals surface area contributed by atoms with Gasteiger partial charge >= 0.3 is 0 Å². The van der Waals surface area contributed by atoms with Crippen molar-refractivity contribution in [3.05, 3.63) is 83.8 Å². The first-order chi connectivity index (χ1) is 12.3. The topological polar surface area (TPSA) is 43.0 Å². The van der Waals surface area contributed by atoms with E-state index in [4.69, 9.17) is 9.40 Å². The van der Waals surface area contributed by atoms with E-state index in [0.29, 0.717) is 6.54 Å². The van der Waals surface area contributed by atoms with Gasteiger partial charge in [-0.2, -0.15) is 0 Å². The van der Waals surface area contributed by atoms with Crippen LogP contribution in [0.3, 0.4) is 0 Å². The molecular formula is C21H21N3O. The van der Waals surface area contributed by atoms with E-state index in [9.17, 15) is 0 Å². The molecule has 0 spiro atoms. The average molecular weight is 331 g/mol. The molecule has 0 aliphatic carbocycles. The van der Waals surface area contributed by atoms with Crippen molar-refractivity contribution in [2.24, 2.45) is 0 Å². The first-order valence-electron chi connectivity index (χ1n) is 8.63. The third kappa shape index (κ3) is 3.29. The number of nitrogens with zero attached hydrogens (tertiary/aromatic N) is 2. The van der Waals surface area contributed by atoms with Crippen molar-refractivity contribution in [3.8, 4) is 0 Å². The van der Waals surface area contributed by atoms with Crippen molar-refractivity contribution in [1.29, 1.82) is 0 Å². The van der Waals surface area contributed by atoms with Gasteiger partial charge in [0.1, 0.15) is 5.76 Å². The van der Waals surface area contributed by atoms with Gasteiger partial charge in [-0.15, -0.1) is 0 Å². The molecule has 2 heterocycles. The lowest BCUT2D eigenvalue weighted by molar-refractivity contribution is 0.517. The van der Waals surface area contributed by atoms with Gasteiger partial charge in [0.15, 0.2) is 0 Å². The fourth-order valence-corrected chi connectivity index (χ4v) is 3.04. The molecule has 0 aliphatic heterocycles. The van der Waals surface area contributed by atoms with E-state index in [1.165, 1.54) is 11.1 Å². The van der Waals surface area contributed by atoms with Crippen LogP contribution >= 0.6 is 0 Å². The Morgan fingerprint density at radius 1 is 1.00 bits per heavy atom. The van der Waals surface area contributed by atoms with Gasteiger partial charge in [-0.3, -0.25) is 0 Å². The minimum Gasteiger partial charge on any atom is -0.467 e. The molecule has 0 unspecified atom stereocenters. The van der Waals surface area contributed by atoms with Gasteiger partial charge in [0.2, 0.25) is 5.95 Å². The molecule has 4 nitrogen and oxygen atoms in total. The van der Waals surface area contributed by atoms with Crippen molar-refractivity contribution in [2.45, 2.75) is 26.4 Å². The lowest BCUT2D eigenvalue weighted by Crippen LogP contribution is -2.08. The van der Waals surface area contributed by atoms with E-state index >= 15 is 0 Å². The molecule has 0 amide bonds. The zero-order chi connectivity index (χ0) is 17.1. The number of fused-ring (bicyclic) bond motifs is 1. The minimum absolute atomic E-state index is 0.617. The number of aryl methyl sites for hydroxylation is 1. The van der Waals surface area contributed by atoms with Crippen LogP contribution in [0.5, 0.6) is 0 Å². The molecule has 0 aliphatic rings. The summed E-state index contributed by atoms with van der Waals surface area (Å²) in [6.45, 7) is 3.56. The molecular weight excluding hydrogens is 310 g/mol. The molecule has 126 valence electrons. The zero-order valence-corrected chi connectivity index (χ0v) is 14.3. The normalized spacial score (nSPS) is 11.1. The smallest absolute Gasteiger partial charge is 0.204 e. The third-order valence-corrected chi connectivity index (χ3v) is 4.41. The Balaban J connectivity index is 1.71. The van der Waals surface area contributed by atoms with Crippen LogP contribution in [0.15, 0.2) is 71.3 Å². The molecule has 4 rings (SSSR count). The highest BCUT2D eigenvalue weighted by atomic mass is 16.3. The predicted octanol–water partition coefficient (Wildman–Crippen LogP) is 4.85. The summed E-state index contributed by atoms with van der Waals surface area (Å²) in [5.41, 5.74) is 4.72. The summed E-state index contributed by atoms with van der Waals surface area (Å²) in [5.74, 6) is 1.76. The number of aromatic nitrogens is 2. The largest absolute Gasteiger partial charge is 0.467 e. The maximum absolute atomic E-state index is 5.42. The SMILES string of the molecule is CCc1ccc2c(c1)nc(NCc1ccco1)n2Cc1ccccc1. The Morgan fingerprint density at radius 2 is 1.88 bits per heavy atom. The Kier molecular flexibility index (Phi) is 4.25. The van der Waals surface area contributed by atoms with Crippen LogP contribution in [0, 0.1) is 0 Å². The summed E-state index contributed by atoms with van der Waals surface area (Å²) in [6.07, 6.45) is 2.70. The average Bonchev–Trinajstić information content (AvgIpc) is 3.28. The second kappa shape index (κ2) is 6.85. The van der Waals surface area contributed by atoms with Crippen LogP contribution in [0.1, 0.15) is 23.8 Å². The molecule has 2 aromatic heterocycles. The molecule has 4 heteroatoms.